The highest BCUT2D eigenvalue weighted by molar-refractivity contribution is 6.27. The minimum Gasteiger partial charge on any atom is -0.473 e. The van der Waals surface area contributed by atoms with Gasteiger partial charge < -0.3 is 25.3 Å². The zero-order valence-corrected chi connectivity index (χ0v) is 21.1. The van der Waals surface area contributed by atoms with Crippen LogP contribution in [-0.2, 0) is 30.5 Å². The molecule has 206 valence electrons. The smallest absolute Gasteiger partial charge is 0.414 e. The van der Waals surface area contributed by atoms with E-state index in [4.69, 9.17) is 39.6 Å². The highest BCUT2D eigenvalue weighted by Gasteiger charge is 2.20. The van der Waals surface area contributed by atoms with Crippen molar-refractivity contribution in [3.63, 3.8) is 0 Å². The largest absolute Gasteiger partial charge is 0.473 e. The van der Waals surface area contributed by atoms with Gasteiger partial charge in [0, 0.05) is 44.8 Å². The van der Waals surface area contributed by atoms with Gasteiger partial charge in [-0.2, -0.15) is 0 Å². The summed E-state index contributed by atoms with van der Waals surface area (Å²) in [6.45, 7) is 7.80. The molecule has 1 aliphatic rings. The number of nitrogens with zero attached hydrogens (tertiary/aromatic N) is 3. The predicted octanol–water partition coefficient (Wildman–Crippen LogP) is 1.91. The zero-order valence-electron chi connectivity index (χ0n) is 21.1. The second-order valence-corrected chi connectivity index (χ2v) is 8.11. The van der Waals surface area contributed by atoms with Gasteiger partial charge in [-0.05, 0) is 24.1 Å². The van der Waals surface area contributed by atoms with Crippen molar-refractivity contribution in [2.75, 3.05) is 37.7 Å². The second kappa shape index (κ2) is 17.2. The number of carboxylic acid groups (broad SMARTS) is 4. The lowest BCUT2D eigenvalue weighted by Crippen LogP contribution is -2.47. The third-order valence-electron chi connectivity index (χ3n) is 5.27. The first-order chi connectivity index (χ1) is 18.0. The van der Waals surface area contributed by atoms with Crippen molar-refractivity contribution in [3.8, 4) is 0 Å². The van der Waals surface area contributed by atoms with E-state index in [1.165, 1.54) is 12.0 Å². The van der Waals surface area contributed by atoms with Crippen LogP contribution in [-0.4, -0.2) is 92.9 Å². The van der Waals surface area contributed by atoms with Gasteiger partial charge in [0.25, 0.3) is 0 Å². The fraction of sp³-hybridized carbons (Fsp3) is 0.346. The van der Waals surface area contributed by atoms with Gasteiger partial charge in [-0.1, -0.05) is 55.5 Å². The Morgan fingerprint density at radius 1 is 0.737 bits per heavy atom. The minimum absolute atomic E-state index is 0.189. The van der Waals surface area contributed by atoms with Crippen LogP contribution in [0.15, 0.2) is 60.7 Å². The number of rotatable bonds is 7. The maximum absolute atomic E-state index is 12.4. The van der Waals surface area contributed by atoms with Crippen molar-refractivity contribution < 1.29 is 44.4 Å². The number of carbonyl (C=O) groups excluding carboxylic acids is 1. The maximum atomic E-state index is 12.4. The third kappa shape index (κ3) is 12.6. The Balaban J connectivity index is 0.000000503. The van der Waals surface area contributed by atoms with E-state index < -0.39 is 23.9 Å². The third-order valence-corrected chi connectivity index (χ3v) is 5.27. The fourth-order valence-electron chi connectivity index (χ4n) is 3.53. The first kappa shape index (κ1) is 31.7. The Kier molecular flexibility index (Phi) is 14.4. The molecule has 1 aliphatic heterocycles. The van der Waals surface area contributed by atoms with Gasteiger partial charge in [-0.15, -0.1) is 0 Å². The SMILES string of the molecule is CCC(=O)N(CCN1CCCN(Cc2ccccc2)C1)c1ccccc1.O=C(O)C(=O)O.O=C(O)C(=O)O. The van der Waals surface area contributed by atoms with Gasteiger partial charge in [0.05, 0.1) is 6.67 Å². The van der Waals surface area contributed by atoms with Crippen LogP contribution in [0.25, 0.3) is 0 Å². The molecule has 1 amide bonds. The minimum atomic E-state index is -1.82. The molecular weight excluding hydrogens is 498 g/mol. The summed E-state index contributed by atoms with van der Waals surface area (Å²) in [5, 5.41) is 29.6. The van der Waals surface area contributed by atoms with Crippen LogP contribution < -0.4 is 4.90 Å². The van der Waals surface area contributed by atoms with Crippen LogP contribution in [0.3, 0.4) is 0 Å². The van der Waals surface area contributed by atoms with Gasteiger partial charge in [-0.3, -0.25) is 14.6 Å². The lowest BCUT2D eigenvalue weighted by atomic mass is 10.2. The Labute approximate surface area is 220 Å². The molecule has 2 aromatic carbocycles. The summed E-state index contributed by atoms with van der Waals surface area (Å²) in [4.78, 5) is 55.7. The molecule has 12 heteroatoms. The molecule has 38 heavy (non-hydrogen) atoms. The van der Waals surface area contributed by atoms with Crippen molar-refractivity contribution in [3.05, 3.63) is 66.2 Å². The van der Waals surface area contributed by atoms with E-state index in [0.717, 1.165) is 45.1 Å². The molecule has 0 aliphatic carbocycles. The number of carboxylic acids is 4. The summed E-state index contributed by atoms with van der Waals surface area (Å²) >= 11 is 0. The van der Waals surface area contributed by atoms with Crippen LogP contribution in [0, 0.1) is 0 Å². The molecule has 1 saturated heterocycles. The molecule has 12 nitrogen and oxygen atoms in total. The van der Waals surface area contributed by atoms with Crippen LogP contribution in [0.2, 0.25) is 0 Å². The molecule has 0 atom stereocenters. The molecule has 4 N–H and O–H groups in total. The molecule has 0 saturated carbocycles. The average molecular weight is 532 g/mol. The first-order valence-electron chi connectivity index (χ1n) is 11.8. The summed E-state index contributed by atoms with van der Waals surface area (Å²) in [5.41, 5.74) is 2.36. The van der Waals surface area contributed by atoms with E-state index in [1.807, 2.05) is 42.2 Å². The molecule has 1 heterocycles. The lowest BCUT2D eigenvalue weighted by Gasteiger charge is -2.36. The normalized spacial score (nSPS) is 13.1. The van der Waals surface area contributed by atoms with Gasteiger partial charge in [-0.25, -0.2) is 19.2 Å². The number of anilines is 1. The van der Waals surface area contributed by atoms with Crippen LogP contribution in [0.5, 0.6) is 0 Å². The molecule has 2 aromatic rings. The van der Waals surface area contributed by atoms with Crippen molar-refractivity contribution in [2.45, 2.75) is 26.3 Å². The molecule has 1 fully saturated rings. The molecule has 0 spiro atoms. The molecule has 0 aromatic heterocycles. The molecule has 0 bridgehead atoms. The van der Waals surface area contributed by atoms with Crippen LogP contribution in [0.4, 0.5) is 5.69 Å². The number of carbonyl (C=O) groups is 5. The monoisotopic (exact) mass is 531 g/mol. The van der Waals surface area contributed by atoms with E-state index in [1.54, 1.807) is 0 Å². The lowest BCUT2D eigenvalue weighted by molar-refractivity contribution is -0.159. The highest BCUT2D eigenvalue weighted by atomic mass is 16.4. The van der Waals surface area contributed by atoms with Crippen LogP contribution >= 0.6 is 0 Å². The summed E-state index contributed by atoms with van der Waals surface area (Å²) in [5.74, 6) is -7.11. The van der Waals surface area contributed by atoms with Gasteiger partial charge in [0.1, 0.15) is 0 Å². The summed E-state index contributed by atoms with van der Waals surface area (Å²) in [6.07, 6.45) is 1.72. The number of hydrogen-bond acceptors (Lipinski definition) is 7. The van der Waals surface area contributed by atoms with Gasteiger partial charge in [0.15, 0.2) is 0 Å². The number of benzene rings is 2. The number of aliphatic carboxylic acids is 4. The molecule has 0 unspecified atom stereocenters. The summed E-state index contributed by atoms with van der Waals surface area (Å²) < 4.78 is 0. The average Bonchev–Trinajstić information content (AvgIpc) is 2.90. The fourth-order valence-corrected chi connectivity index (χ4v) is 3.53. The maximum Gasteiger partial charge on any atom is 0.414 e. The first-order valence-corrected chi connectivity index (χ1v) is 11.8. The van der Waals surface area contributed by atoms with E-state index in [9.17, 15) is 4.79 Å². The topological polar surface area (TPSA) is 176 Å². The van der Waals surface area contributed by atoms with Crippen molar-refractivity contribution in [2.24, 2.45) is 0 Å². The van der Waals surface area contributed by atoms with Crippen LogP contribution in [0.1, 0.15) is 25.3 Å². The standard InChI is InChI=1S/C22H29N3O.2C2H2O4/c1-2-22(26)25(21-12-7-4-8-13-21)17-16-23-14-9-15-24(19-23)18-20-10-5-3-6-11-20;2*3-1(4)2(5)6/h3-8,10-13H,2,9,14-19H2,1H3;2*(H,3,4)(H,5,6). The van der Waals surface area contributed by atoms with E-state index in [0.29, 0.717) is 6.42 Å². The van der Waals surface area contributed by atoms with Gasteiger partial charge >= 0.3 is 23.9 Å². The molecule has 3 rings (SSSR count). The Bertz CT molecular complexity index is 1000. The van der Waals surface area contributed by atoms with E-state index in [2.05, 4.69) is 40.1 Å². The van der Waals surface area contributed by atoms with E-state index in [-0.39, 0.29) is 5.91 Å². The quantitative estimate of drug-likeness (QED) is 0.384. The molecule has 0 radical (unpaired) electrons. The number of hydrogen-bond donors (Lipinski definition) is 4. The zero-order chi connectivity index (χ0) is 28.5. The molecular formula is C26H33N3O9. The number of amides is 1. The predicted molar refractivity (Wildman–Crippen MR) is 138 cm³/mol. The van der Waals surface area contributed by atoms with Gasteiger partial charge in [0.2, 0.25) is 5.91 Å². The van der Waals surface area contributed by atoms with Crippen molar-refractivity contribution in [1.29, 1.82) is 0 Å². The second-order valence-electron chi connectivity index (χ2n) is 8.11. The van der Waals surface area contributed by atoms with E-state index >= 15 is 0 Å². The highest BCUT2D eigenvalue weighted by Crippen LogP contribution is 2.16. The Hall–Kier alpha value is -4.29. The summed E-state index contributed by atoms with van der Waals surface area (Å²) in [7, 11) is 0. The summed E-state index contributed by atoms with van der Waals surface area (Å²) in [6, 6.07) is 20.7. The van der Waals surface area contributed by atoms with Crippen molar-refractivity contribution in [1.82, 2.24) is 9.80 Å². The number of para-hydroxylation sites is 1. The van der Waals surface area contributed by atoms with Crippen molar-refractivity contribution >= 4 is 35.5 Å². The Morgan fingerprint density at radius 2 is 1.21 bits per heavy atom. The Morgan fingerprint density at radius 3 is 1.68 bits per heavy atom.